The maximum atomic E-state index is 13.9. The number of benzene rings is 2. The fraction of sp³-hybridized carbons (Fsp3) is 0.604. The summed E-state index contributed by atoms with van der Waals surface area (Å²) in [6.07, 6.45) is 2.36. The van der Waals surface area contributed by atoms with E-state index in [-0.39, 0.29) is 72.7 Å². The van der Waals surface area contributed by atoms with Gasteiger partial charge in [0, 0.05) is 39.2 Å². The van der Waals surface area contributed by atoms with E-state index in [9.17, 15) is 32.3 Å². The number of carbonyl (C=O) groups is 5. The van der Waals surface area contributed by atoms with Gasteiger partial charge in [0.15, 0.2) is 0 Å². The minimum Gasteiger partial charge on any atom is -0.475 e. The van der Waals surface area contributed by atoms with Crippen LogP contribution < -0.4 is 16.0 Å². The number of hydrogen-bond donors (Lipinski definition) is 4. The van der Waals surface area contributed by atoms with E-state index in [1.807, 2.05) is 95.3 Å². The van der Waals surface area contributed by atoms with Crippen LogP contribution >= 0.6 is 0 Å². The second kappa shape index (κ2) is 27.5. The van der Waals surface area contributed by atoms with Gasteiger partial charge in [0.05, 0.1) is 24.1 Å². The fourth-order valence-electron chi connectivity index (χ4n) is 7.90. The minimum absolute atomic E-state index is 0.0598. The number of carboxylic acids is 1. The molecule has 2 aromatic rings. The Hall–Kier alpha value is -4.80. The summed E-state index contributed by atoms with van der Waals surface area (Å²) in [5.41, 5.74) is 2.19. The number of hydrogen-bond acceptors (Lipinski definition) is 9. The molecule has 358 valence electrons. The van der Waals surface area contributed by atoms with Crippen molar-refractivity contribution in [2.75, 3.05) is 34.5 Å². The van der Waals surface area contributed by atoms with E-state index in [0.717, 1.165) is 36.9 Å². The standard InChI is InChI=1S/C46H71N5O6.C2HF3O2/c1-11-33(6)38(50(9)46(55)42(32(4)5)49-45(54)41(47-8)31(2)3)26-27-40(52)57-30-51-28-18-23-39(51)43(56-10)34(7)44(53)48-37(29-36-21-16-13-17-22-36)25-24-35-19-14-12-15-20-35;3-2(4,5)1(6)7/h12-17,19-22,24-25,31-34,37-39,41-43,47H,11,18,23,26-30H2,1-10H3,(H,48,53)(H,49,54);(H,6,7)/b25-24+;/t33-,34+,37+,38-,39-,41-,42-,43+;/m0./s1. The van der Waals surface area contributed by atoms with Crippen LogP contribution in [-0.4, -0.2) is 122 Å². The fourth-order valence-corrected chi connectivity index (χ4v) is 7.90. The second-order valence-electron chi connectivity index (χ2n) is 17.2. The number of methoxy groups -OCH3 is 1. The summed E-state index contributed by atoms with van der Waals surface area (Å²) in [6.45, 7) is 14.7. The Kier molecular flexibility index (Phi) is 23.8. The summed E-state index contributed by atoms with van der Waals surface area (Å²) in [5.74, 6) is -3.97. The number of aliphatic carboxylic acids is 1. The number of alkyl halides is 3. The predicted molar refractivity (Wildman–Crippen MR) is 242 cm³/mol. The van der Waals surface area contributed by atoms with Crippen LogP contribution in [0, 0.1) is 23.7 Å². The first-order chi connectivity index (χ1) is 30.2. The Bertz CT molecular complexity index is 1760. The number of nitrogens with zero attached hydrogens (tertiary/aromatic N) is 2. The highest BCUT2D eigenvalue weighted by atomic mass is 19.4. The molecular weight excluding hydrogens is 832 g/mol. The van der Waals surface area contributed by atoms with Crippen molar-refractivity contribution in [3.8, 4) is 0 Å². The van der Waals surface area contributed by atoms with Gasteiger partial charge in [-0.2, -0.15) is 13.2 Å². The van der Waals surface area contributed by atoms with E-state index >= 15 is 0 Å². The molecule has 1 fully saturated rings. The summed E-state index contributed by atoms with van der Waals surface area (Å²) >= 11 is 0. The Labute approximate surface area is 377 Å². The molecule has 1 saturated heterocycles. The zero-order valence-electron chi connectivity index (χ0n) is 39.2. The molecule has 1 heterocycles. The lowest BCUT2D eigenvalue weighted by atomic mass is 9.92. The highest BCUT2D eigenvalue weighted by molar-refractivity contribution is 5.90. The summed E-state index contributed by atoms with van der Waals surface area (Å²) < 4.78 is 43.6. The van der Waals surface area contributed by atoms with E-state index in [4.69, 9.17) is 19.4 Å². The van der Waals surface area contributed by atoms with Gasteiger partial charge in [-0.05, 0) is 61.6 Å². The molecule has 1 aliphatic rings. The summed E-state index contributed by atoms with van der Waals surface area (Å²) in [4.78, 5) is 66.8. The average molecular weight is 904 g/mol. The number of nitrogens with one attached hydrogen (secondary N) is 3. The molecule has 8 atom stereocenters. The molecule has 13 nitrogen and oxygen atoms in total. The SMILES string of the molecule is CC[C@H](C)[C@H](CCC(=O)OCN1CCC[C@H]1[C@H](OC)[C@@H](C)C(=O)N[C@H](/C=C/c1ccccc1)Cc1ccccc1)N(C)C(=O)[C@@H](NC(=O)[C@@H](NC)C(C)C)C(C)C.O=C(O)C(F)(F)F. The lowest BCUT2D eigenvalue weighted by Crippen LogP contribution is -2.57. The molecule has 0 spiro atoms. The van der Waals surface area contributed by atoms with Crippen molar-refractivity contribution in [2.24, 2.45) is 23.7 Å². The third-order valence-corrected chi connectivity index (χ3v) is 11.8. The molecule has 1 aliphatic heterocycles. The first kappa shape index (κ1) is 55.3. The monoisotopic (exact) mass is 904 g/mol. The predicted octanol–water partition coefficient (Wildman–Crippen LogP) is 6.71. The number of carbonyl (C=O) groups excluding carboxylic acids is 4. The van der Waals surface area contributed by atoms with Crippen molar-refractivity contribution >= 4 is 35.7 Å². The smallest absolute Gasteiger partial charge is 0.475 e. The second-order valence-corrected chi connectivity index (χ2v) is 17.2. The van der Waals surface area contributed by atoms with E-state index in [2.05, 4.69) is 46.8 Å². The molecule has 0 bridgehead atoms. The van der Waals surface area contributed by atoms with Crippen molar-refractivity contribution < 1.29 is 51.7 Å². The molecule has 3 amide bonds. The van der Waals surface area contributed by atoms with Crippen LogP contribution in [0.2, 0.25) is 0 Å². The van der Waals surface area contributed by atoms with Crippen LogP contribution in [-0.2, 0) is 39.9 Å². The van der Waals surface area contributed by atoms with E-state index in [1.54, 1.807) is 26.1 Å². The normalized spacial score (nSPS) is 17.6. The van der Waals surface area contributed by atoms with Crippen molar-refractivity contribution in [3.63, 3.8) is 0 Å². The number of likely N-dealkylation sites (N-methyl/N-ethyl adjacent to an activating group) is 2. The lowest BCUT2D eigenvalue weighted by Gasteiger charge is -2.36. The number of rotatable bonds is 23. The largest absolute Gasteiger partial charge is 0.490 e. The topological polar surface area (TPSA) is 167 Å². The van der Waals surface area contributed by atoms with Gasteiger partial charge >= 0.3 is 18.1 Å². The van der Waals surface area contributed by atoms with Gasteiger partial charge in [-0.3, -0.25) is 24.1 Å². The lowest BCUT2D eigenvalue weighted by molar-refractivity contribution is -0.192. The maximum absolute atomic E-state index is 13.9. The van der Waals surface area contributed by atoms with Crippen LogP contribution in [0.1, 0.15) is 91.7 Å². The van der Waals surface area contributed by atoms with Gasteiger partial charge in [0.25, 0.3) is 0 Å². The third-order valence-electron chi connectivity index (χ3n) is 11.8. The highest BCUT2D eigenvalue weighted by Crippen LogP contribution is 2.27. The van der Waals surface area contributed by atoms with E-state index < -0.39 is 36.3 Å². The van der Waals surface area contributed by atoms with Crippen LogP contribution in [0.5, 0.6) is 0 Å². The molecule has 64 heavy (non-hydrogen) atoms. The quantitative estimate of drug-likeness (QED) is 0.0881. The van der Waals surface area contributed by atoms with E-state index in [0.29, 0.717) is 12.8 Å². The number of esters is 1. The summed E-state index contributed by atoms with van der Waals surface area (Å²) in [6, 6.07) is 18.5. The molecule has 2 aromatic carbocycles. The number of likely N-dealkylation sites (tertiary alicyclic amines) is 1. The summed E-state index contributed by atoms with van der Waals surface area (Å²) in [5, 5.41) is 16.4. The number of carboxylic acid groups (broad SMARTS) is 1. The highest BCUT2D eigenvalue weighted by Gasteiger charge is 2.40. The molecule has 0 saturated carbocycles. The zero-order chi connectivity index (χ0) is 48.1. The Morgan fingerprint density at radius 3 is 2.00 bits per heavy atom. The third kappa shape index (κ3) is 18.0. The first-order valence-corrected chi connectivity index (χ1v) is 22.2. The maximum Gasteiger partial charge on any atom is 0.490 e. The number of amides is 3. The molecule has 0 aromatic heterocycles. The molecule has 0 radical (unpaired) electrons. The first-order valence-electron chi connectivity index (χ1n) is 22.2. The van der Waals surface area contributed by atoms with Crippen LogP contribution in [0.25, 0.3) is 6.08 Å². The van der Waals surface area contributed by atoms with Crippen LogP contribution in [0.3, 0.4) is 0 Å². The Morgan fingerprint density at radius 1 is 0.906 bits per heavy atom. The van der Waals surface area contributed by atoms with Crippen molar-refractivity contribution in [1.29, 1.82) is 0 Å². The van der Waals surface area contributed by atoms with Crippen LogP contribution in [0.15, 0.2) is 66.7 Å². The number of ether oxygens (including phenoxy) is 2. The molecule has 16 heteroatoms. The Morgan fingerprint density at radius 2 is 1.48 bits per heavy atom. The van der Waals surface area contributed by atoms with Gasteiger partial charge in [0.1, 0.15) is 12.8 Å². The van der Waals surface area contributed by atoms with Gasteiger partial charge in [-0.25, -0.2) is 4.79 Å². The van der Waals surface area contributed by atoms with Crippen molar-refractivity contribution in [1.82, 2.24) is 25.8 Å². The van der Waals surface area contributed by atoms with Gasteiger partial charge in [0.2, 0.25) is 17.7 Å². The zero-order valence-corrected chi connectivity index (χ0v) is 39.2. The minimum atomic E-state index is -5.08. The Balaban J connectivity index is 0.00000185. The van der Waals surface area contributed by atoms with Crippen molar-refractivity contribution in [2.45, 2.75) is 129 Å². The average Bonchev–Trinajstić information content (AvgIpc) is 3.72. The molecule has 3 rings (SSSR count). The van der Waals surface area contributed by atoms with Gasteiger partial charge < -0.3 is 35.4 Å². The molecular formula is C48H72F3N5O8. The summed E-state index contributed by atoms with van der Waals surface area (Å²) in [7, 11) is 5.15. The molecule has 4 N–H and O–H groups in total. The van der Waals surface area contributed by atoms with Gasteiger partial charge in [-0.15, -0.1) is 0 Å². The van der Waals surface area contributed by atoms with Crippen molar-refractivity contribution in [3.05, 3.63) is 77.9 Å². The van der Waals surface area contributed by atoms with Crippen LogP contribution in [0.4, 0.5) is 13.2 Å². The van der Waals surface area contributed by atoms with E-state index in [1.165, 1.54) is 0 Å². The van der Waals surface area contributed by atoms with Gasteiger partial charge in [-0.1, -0.05) is 128 Å². The number of halogens is 3. The molecule has 0 aliphatic carbocycles. The molecule has 0 unspecified atom stereocenters.